The van der Waals surface area contributed by atoms with Crippen LogP contribution in [0, 0.1) is 11.6 Å². The van der Waals surface area contributed by atoms with E-state index in [0.29, 0.717) is 23.0 Å². The number of halogens is 5. The summed E-state index contributed by atoms with van der Waals surface area (Å²) in [5.41, 5.74) is 0.696. The van der Waals surface area contributed by atoms with E-state index >= 15 is 0 Å². The van der Waals surface area contributed by atoms with Crippen molar-refractivity contribution in [1.82, 2.24) is 4.98 Å². The third-order valence-corrected chi connectivity index (χ3v) is 4.42. The molecule has 0 saturated heterocycles. The van der Waals surface area contributed by atoms with Gasteiger partial charge in [0.15, 0.2) is 0 Å². The van der Waals surface area contributed by atoms with E-state index in [9.17, 15) is 22.0 Å². The second-order valence-electron chi connectivity index (χ2n) is 5.40. The molecule has 10 heteroatoms. The molecule has 0 spiro atoms. The topological polar surface area (TPSA) is 40.6 Å². The van der Waals surface area contributed by atoms with Gasteiger partial charge in [0.25, 0.3) is 11.8 Å². The van der Waals surface area contributed by atoms with Crippen molar-refractivity contribution < 1.29 is 36.2 Å². The molecule has 3 aromatic rings. The van der Waals surface area contributed by atoms with Gasteiger partial charge in [0, 0.05) is 11.4 Å². The Balaban J connectivity index is 1.89. The zero-order valence-corrected chi connectivity index (χ0v) is 15.0. The molecular weight excluding hydrogens is 405 g/mol. The molecule has 0 saturated carbocycles. The van der Waals surface area contributed by atoms with Gasteiger partial charge in [-0.25, -0.2) is 0 Å². The van der Waals surface area contributed by atoms with Crippen LogP contribution >= 0.6 is 11.3 Å². The third-order valence-electron chi connectivity index (χ3n) is 3.47. The van der Waals surface area contributed by atoms with Crippen molar-refractivity contribution in [2.45, 2.75) is 12.8 Å². The summed E-state index contributed by atoms with van der Waals surface area (Å²) in [5, 5.41) is 1.03. The number of pyridine rings is 1. The van der Waals surface area contributed by atoms with Crippen molar-refractivity contribution in [1.29, 1.82) is 0 Å². The summed E-state index contributed by atoms with van der Waals surface area (Å²) in [5.74, 6) is -4.99. The Labute approximate surface area is 160 Å². The molecule has 1 aromatic carbocycles. The molecule has 4 nitrogen and oxygen atoms in total. The average molecular weight is 417 g/mol. The van der Waals surface area contributed by atoms with Gasteiger partial charge in [-0.2, -0.15) is 26.9 Å². The monoisotopic (exact) mass is 417 g/mol. The molecule has 0 N–H and O–H groups in total. The van der Waals surface area contributed by atoms with Gasteiger partial charge in [-0.3, -0.25) is 0 Å². The Morgan fingerprint density at radius 3 is 2.32 bits per heavy atom. The Bertz CT molecular complexity index is 960. The second-order valence-corrected chi connectivity index (χ2v) is 6.32. The van der Waals surface area contributed by atoms with Crippen molar-refractivity contribution in [3.8, 4) is 23.3 Å². The molecule has 0 aliphatic rings. The Hall–Kier alpha value is -2.88. The maximum Gasteiger partial charge on any atom is 0.425 e. The summed E-state index contributed by atoms with van der Waals surface area (Å²) >= 11 is 0.370. The molecule has 148 valence electrons. The van der Waals surface area contributed by atoms with Crippen molar-refractivity contribution in [2.24, 2.45) is 0 Å². The van der Waals surface area contributed by atoms with E-state index in [4.69, 9.17) is 9.47 Å². The first kappa shape index (κ1) is 19.9. The van der Waals surface area contributed by atoms with E-state index in [1.165, 1.54) is 0 Å². The van der Waals surface area contributed by atoms with Crippen LogP contribution in [0.15, 0.2) is 41.8 Å². The quantitative estimate of drug-likeness (QED) is 0.474. The number of rotatable bonds is 6. The fraction of sp³-hybridized carbons (Fsp3) is 0.167. The second kappa shape index (κ2) is 8.01. The van der Waals surface area contributed by atoms with Crippen molar-refractivity contribution >= 4 is 11.3 Å². The number of benzene rings is 1. The molecule has 2 heterocycles. The van der Waals surface area contributed by atoms with Crippen LogP contribution in [0.25, 0.3) is 0 Å². The van der Waals surface area contributed by atoms with Crippen molar-refractivity contribution in [2.75, 3.05) is 7.11 Å². The number of hydrogen-bond donors (Lipinski definition) is 0. The molecule has 2 aromatic heterocycles. The zero-order valence-electron chi connectivity index (χ0n) is 14.2. The fourth-order valence-corrected chi connectivity index (χ4v) is 2.86. The molecule has 28 heavy (non-hydrogen) atoms. The van der Waals surface area contributed by atoms with Gasteiger partial charge in [-0.15, -0.1) is 11.3 Å². The minimum absolute atomic E-state index is 0.0738. The van der Waals surface area contributed by atoms with E-state index in [1.807, 2.05) is 0 Å². The number of alkyl halides is 3. The smallest absolute Gasteiger partial charge is 0.425 e. The van der Waals surface area contributed by atoms with E-state index in [1.54, 1.807) is 30.3 Å². The van der Waals surface area contributed by atoms with Crippen LogP contribution in [0.1, 0.15) is 10.4 Å². The molecule has 0 fully saturated rings. The van der Waals surface area contributed by atoms with E-state index < -0.39 is 40.2 Å². The predicted octanol–water partition coefficient (Wildman–Crippen LogP) is 5.82. The summed E-state index contributed by atoms with van der Waals surface area (Å²) in [6, 6.07) is 9.41. The normalized spacial score (nSPS) is 11.4. The SMILES string of the molecule is COc1c(F)c(OCc2ccccc2)nc(Oc2csc(C(F)(F)F)c2)c1F. The first-order valence-electron chi connectivity index (χ1n) is 7.73. The third kappa shape index (κ3) is 4.33. The molecule has 0 aliphatic heterocycles. The number of thiophene rings is 1. The van der Waals surface area contributed by atoms with Crippen LogP contribution in [0.4, 0.5) is 22.0 Å². The van der Waals surface area contributed by atoms with Gasteiger partial charge in [0.2, 0.25) is 17.4 Å². The van der Waals surface area contributed by atoms with E-state index in [2.05, 4.69) is 9.72 Å². The highest BCUT2D eigenvalue weighted by Crippen LogP contribution is 2.40. The Kier molecular flexibility index (Phi) is 5.68. The Morgan fingerprint density at radius 2 is 1.71 bits per heavy atom. The van der Waals surface area contributed by atoms with Crippen molar-refractivity contribution in [3.63, 3.8) is 0 Å². The molecule has 0 atom stereocenters. The minimum atomic E-state index is -4.57. The summed E-state index contributed by atoms with van der Waals surface area (Å²) in [7, 11) is 1.03. The molecule has 3 rings (SSSR count). The summed E-state index contributed by atoms with van der Waals surface area (Å²) in [6.07, 6.45) is -4.57. The van der Waals surface area contributed by atoms with Crippen LogP contribution in [0.3, 0.4) is 0 Å². The van der Waals surface area contributed by atoms with Gasteiger partial charge in [-0.1, -0.05) is 30.3 Å². The minimum Gasteiger partial charge on any atom is -0.491 e. The van der Waals surface area contributed by atoms with Crippen LogP contribution < -0.4 is 14.2 Å². The van der Waals surface area contributed by atoms with Gasteiger partial charge in [0.05, 0.1) is 7.11 Å². The van der Waals surface area contributed by atoms with Crippen LogP contribution in [0.5, 0.6) is 23.3 Å². The number of methoxy groups -OCH3 is 1. The lowest BCUT2D eigenvalue weighted by molar-refractivity contribution is -0.134. The van der Waals surface area contributed by atoms with Gasteiger partial charge in [-0.05, 0) is 5.56 Å². The van der Waals surface area contributed by atoms with E-state index in [0.717, 1.165) is 12.5 Å². The van der Waals surface area contributed by atoms with Crippen LogP contribution in [-0.2, 0) is 12.8 Å². The lowest BCUT2D eigenvalue weighted by Crippen LogP contribution is -2.05. The van der Waals surface area contributed by atoms with E-state index in [-0.39, 0.29) is 12.4 Å². The highest BCUT2D eigenvalue weighted by molar-refractivity contribution is 7.10. The molecule has 0 unspecified atom stereocenters. The van der Waals surface area contributed by atoms with Crippen LogP contribution in [0.2, 0.25) is 0 Å². The van der Waals surface area contributed by atoms with Gasteiger partial charge in [0.1, 0.15) is 17.2 Å². The number of ether oxygens (including phenoxy) is 3. The standard InChI is InChI=1S/C18H12F5NO3S/c1-25-15-13(19)16(26-8-10-5-3-2-4-6-10)24-17(14(15)20)27-11-7-12(28-9-11)18(21,22)23/h2-7,9H,8H2,1H3. The summed E-state index contributed by atoms with van der Waals surface area (Å²) in [4.78, 5) is 2.68. The maximum absolute atomic E-state index is 14.4. The first-order valence-corrected chi connectivity index (χ1v) is 8.61. The number of aromatic nitrogens is 1. The molecule has 0 bridgehead atoms. The van der Waals surface area contributed by atoms with Gasteiger partial charge < -0.3 is 14.2 Å². The first-order chi connectivity index (χ1) is 13.3. The largest absolute Gasteiger partial charge is 0.491 e. The lowest BCUT2D eigenvalue weighted by Gasteiger charge is -2.13. The van der Waals surface area contributed by atoms with Crippen molar-refractivity contribution in [3.05, 3.63) is 63.9 Å². The summed E-state index contributed by atoms with van der Waals surface area (Å²) in [6.45, 7) is -0.0738. The Morgan fingerprint density at radius 1 is 1.04 bits per heavy atom. The zero-order chi connectivity index (χ0) is 20.3. The van der Waals surface area contributed by atoms with Gasteiger partial charge >= 0.3 is 6.18 Å². The summed E-state index contributed by atoms with van der Waals surface area (Å²) < 4.78 is 81.8. The average Bonchev–Trinajstić information content (AvgIpc) is 3.13. The number of hydrogen-bond acceptors (Lipinski definition) is 5. The fourth-order valence-electron chi connectivity index (χ4n) is 2.18. The highest BCUT2D eigenvalue weighted by Gasteiger charge is 2.33. The highest BCUT2D eigenvalue weighted by atomic mass is 32.1. The molecule has 0 radical (unpaired) electrons. The molecule has 0 aliphatic carbocycles. The van der Waals surface area contributed by atoms with Crippen LogP contribution in [-0.4, -0.2) is 12.1 Å². The molecular formula is C18H12F5NO3S. The lowest BCUT2D eigenvalue weighted by atomic mass is 10.2. The predicted molar refractivity (Wildman–Crippen MR) is 90.9 cm³/mol. The number of nitrogens with zero attached hydrogens (tertiary/aromatic N) is 1. The maximum atomic E-state index is 14.4. The molecule has 0 amide bonds.